The van der Waals surface area contributed by atoms with Crippen LogP contribution in [0.15, 0.2) is 36.4 Å². The van der Waals surface area contributed by atoms with E-state index in [0.29, 0.717) is 15.6 Å². The van der Waals surface area contributed by atoms with Crippen LogP contribution >= 0.6 is 23.2 Å². The molecule has 0 saturated heterocycles. The first-order chi connectivity index (χ1) is 8.99. The number of rotatable bonds is 3. The van der Waals surface area contributed by atoms with Crippen LogP contribution in [0.3, 0.4) is 0 Å². The van der Waals surface area contributed by atoms with Gasteiger partial charge in [-0.3, -0.25) is 4.79 Å². The molecule has 2 aromatic carbocycles. The second-order valence-electron chi connectivity index (χ2n) is 3.97. The molecule has 0 amide bonds. The van der Waals surface area contributed by atoms with Gasteiger partial charge in [-0.1, -0.05) is 47.5 Å². The Balaban J connectivity index is 2.53. The van der Waals surface area contributed by atoms with Crippen molar-refractivity contribution in [3.63, 3.8) is 0 Å². The largest absolute Gasteiger partial charge is 0.481 e. The van der Waals surface area contributed by atoms with Crippen LogP contribution < -0.4 is 0 Å². The fraction of sp³-hybridized carbons (Fsp3) is 0.0714. The van der Waals surface area contributed by atoms with E-state index in [1.807, 2.05) is 0 Å². The zero-order valence-electron chi connectivity index (χ0n) is 9.66. The summed E-state index contributed by atoms with van der Waals surface area (Å²) in [6, 6.07) is 9.32. The summed E-state index contributed by atoms with van der Waals surface area (Å²) in [5.74, 6) is -1.66. The number of carboxylic acids is 1. The van der Waals surface area contributed by atoms with Gasteiger partial charge in [0.2, 0.25) is 0 Å². The Morgan fingerprint density at radius 1 is 1.16 bits per heavy atom. The van der Waals surface area contributed by atoms with Gasteiger partial charge in [0.25, 0.3) is 0 Å². The van der Waals surface area contributed by atoms with Crippen LogP contribution in [0.5, 0.6) is 0 Å². The zero-order valence-corrected chi connectivity index (χ0v) is 11.2. The highest BCUT2D eigenvalue weighted by molar-refractivity contribution is 6.36. The molecule has 0 aliphatic heterocycles. The Hall–Kier alpha value is -1.58. The van der Waals surface area contributed by atoms with Crippen molar-refractivity contribution in [3.8, 4) is 11.1 Å². The maximum Gasteiger partial charge on any atom is 0.307 e. The molecule has 0 saturated carbocycles. The smallest absolute Gasteiger partial charge is 0.307 e. The molecule has 1 N–H and O–H groups in total. The van der Waals surface area contributed by atoms with Gasteiger partial charge in [-0.05, 0) is 17.7 Å². The molecule has 0 aliphatic rings. The van der Waals surface area contributed by atoms with Crippen molar-refractivity contribution in [1.82, 2.24) is 0 Å². The number of benzene rings is 2. The standard InChI is InChI=1S/C14H9Cl2FO2/c15-9-4-5-10(12(16)7-9)11-3-1-2-8(14(11)17)6-13(18)19/h1-5,7H,6H2,(H,18,19). The first kappa shape index (κ1) is 13.8. The third-order valence-electron chi connectivity index (χ3n) is 2.64. The fourth-order valence-corrected chi connectivity index (χ4v) is 2.31. The van der Waals surface area contributed by atoms with E-state index in [4.69, 9.17) is 28.3 Å². The Kier molecular flexibility index (Phi) is 4.08. The first-order valence-electron chi connectivity index (χ1n) is 5.43. The minimum atomic E-state index is -1.08. The van der Waals surface area contributed by atoms with Gasteiger partial charge in [-0.25, -0.2) is 4.39 Å². The van der Waals surface area contributed by atoms with Gasteiger partial charge in [-0.2, -0.15) is 0 Å². The second kappa shape index (κ2) is 5.59. The van der Waals surface area contributed by atoms with Gasteiger partial charge < -0.3 is 5.11 Å². The molecule has 2 aromatic rings. The number of aliphatic carboxylic acids is 1. The molecule has 19 heavy (non-hydrogen) atoms. The molecule has 0 unspecified atom stereocenters. The summed E-state index contributed by atoms with van der Waals surface area (Å²) in [7, 11) is 0. The quantitative estimate of drug-likeness (QED) is 0.910. The maximum atomic E-state index is 14.2. The highest BCUT2D eigenvalue weighted by Gasteiger charge is 2.14. The van der Waals surface area contributed by atoms with Crippen molar-refractivity contribution < 1.29 is 14.3 Å². The maximum absolute atomic E-state index is 14.2. The van der Waals surface area contributed by atoms with Crippen molar-refractivity contribution in [2.45, 2.75) is 6.42 Å². The average Bonchev–Trinajstić information content (AvgIpc) is 2.32. The molecular formula is C14H9Cl2FO2. The number of carbonyl (C=O) groups is 1. The summed E-state index contributed by atoms with van der Waals surface area (Å²) in [6.45, 7) is 0. The molecule has 0 heterocycles. The van der Waals surface area contributed by atoms with Crippen LogP contribution in [0.4, 0.5) is 4.39 Å². The molecule has 0 aliphatic carbocycles. The third-order valence-corrected chi connectivity index (χ3v) is 3.19. The highest BCUT2D eigenvalue weighted by atomic mass is 35.5. The van der Waals surface area contributed by atoms with E-state index in [2.05, 4.69) is 0 Å². The SMILES string of the molecule is O=C(O)Cc1cccc(-c2ccc(Cl)cc2Cl)c1F. The van der Waals surface area contributed by atoms with E-state index >= 15 is 0 Å². The number of hydrogen-bond donors (Lipinski definition) is 1. The number of halogens is 3. The van der Waals surface area contributed by atoms with E-state index in [0.717, 1.165) is 0 Å². The van der Waals surface area contributed by atoms with E-state index in [9.17, 15) is 9.18 Å². The van der Waals surface area contributed by atoms with Gasteiger partial charge in [0.15, 0.2) is 0 Å². The van der Waals surface area contributed by atoms with Crippen molar-refractivity contribution in [3.05, 3.63) is 57.8 Å². The molecule has 0 radical (unpaired) electrons. The lowest BCUT2D eigenvalue weighted by molar-refractivity contribution is -0.136. The first-order valence-corrected chi connectivity index (χ1v) is 6.19. The Morgan fingerprint density at radius 2 is 1.89 bits per heavy atom. The molecule has 0 fully saturated rings. The fourth-order valence-electron chi connectivity index (χ4n) is 1.80. The van der Waals surface area contributed by atoms with Crippen LogP contribution in [0, 0.1) is 5.82 Å². The zero-order chi connectivity index (χ0) is 14.0. The molecule has 0 aromatic heterocycles. The van der Waals surface area contributed by atoms with E-state index < -0.39 is 11.8 Å². The normalized spacial score (nSPS) is 10.5. The van der Waals surface area contributed by atoms with Crippen LogP contribution in [0.1, 0.15) is 5.56 Å². The van der Waals surface area contributed by atoms with Gasteiger partial charge >= 0.3 is 5.97 Å². The Labute approximate surface area is 119 Å². The molecule has 98 valence electrons. The molecule has 0 bridgehead atoms. The summed E-state index contributed by atoms with van der Waals surface area (Å²) in [5.41, 5.74) is 0.868. The molecule has 2 rings (SSSR count). The van der Waals surface area contributed by atoms with Crippen LogP contribution in [0.2, 0.25) is 10.0 Å². The Morgan fingerprint density at radius 3 is 2.53 bits per heavy atom. The molecular weight excluding hydrogens is 290 g/mol. The lowest BCUT2D eigenvalue weighted by atomic mass is 10.0. The van der Waals surface area contributed by atoms with Gasteiger partial charge in [0, 0.05) is 21.2 Å². The number of carboxylic acid groups (broad SMARTS) is 1. The Bertz CT molecular complexity index is 641. The molecule has 0 spiro atoms. The summed E-state index contributed by atoms with van der Waals surface area (Å²) in [4.78, 5) is 10.7. The van der Waals surface area contributed by atoms with Crippen molar-refractivity contribution in [2.75, 3.05) is 0 Å². The van der Waals surface area contributed by atoms with Crippen LogP contribution in [0.25, 0.3) is 11.1 Å². The third kappa shape index (κ3) is 3.06. The summed E-state index contributed by atoms with van der Waals surface area (Å²) in [5, 5.41) is 9.51. The molecule has 2 nitrogen and oxygen atoms in total. The lowest BCUT2D eigenvalue weighted by Gasteiger charge is -2.09. The predicted molar refractivity (Wildman–Crippen MR) is 73.2 cm³/mol. The van der Waals surface area contributed by atoms with Crippen molar-refractivity contribution >= 4 is 29.2 Å². The summed E-state index contributed by atoms with van der Waals surface area (Å²) >= 11 is 11.8. The molecule has 0 atom stereocenters. The van der Waals surface area contributed by atoms with Crippen LogP contribution in [-0.2, 0) is 11.2 Å². The van der Waals surface area contributed by atoms with Gasteiger partial charge in [0.05, 0.1) is 6.42 Å². The summed E-state index contributed by atoms with van der Waals surface area (Å²) < 4.78 is 14.2. The number of hydrogen-bond acceptors (Lipinski definition) is 1. The minimum absolute atomic E-state index is 0.121. The molecule has 5 heteroatoms. The average molecular weight is 299 g/mol. The summed E-state index contributed by atoms with van der Waals surface area (Å²) in [6.07, 6.45) is -0.370. The minimum Gasteiger partial charge on any atom is -0.481 e. The lowest BCUT2D eigenvalue weighted by Crippen LogP contribution is -2.03. The van der Waals surface area contributed by atoms with Gasteiger partial charge in [-0.15, -0.1) is 0 Å². The van der Waals surface area contributed by atoms with E-state index in [1.165, 1.54) is 12.1 Å². The highest BCUT2D eigenvalue weighted by Crippen LogP contribution is 2.33. The van der Waals surface area contributed by atoms with Gasteiger partial charge in [0.1, 0.15) is 5.82 Å². The van der Waals surface area contributed by atoms with Crippen molar-refractivity contribution in [1.29, 1.82) is 0 Å². The topological polar surface area (TPSA) is 37.3 Å². The van der Waals surface area contributed by atoms with E-state index in [-0.39, 0.29) is 17.5 Å². The monoisotopic (exact) mass is 298 g/mol. The predicted octanol–water partition coefficient (Wildman–Crippen LogP) is 4.43. The van der Waals surface area contributed by atoms with E-state index in [1.54, 1.807) is 24.3 Å². The van der Waals surface area contributed by atoms with Crippen LogP contribution in [-0.4, -0.2) is 11.1 Å². The second-order valence-corrected chi connectivity index (χ2v) is 4.82. The van der Waals surface area contributed by atoms with Crippen molar-refractivity contribution in [2.24, 2.45) is 0 Å².